The van der Waals surface area contributed by atoms with Crippen molar-refractivity contribution in [2.45, 2.75) is 6.92 Å². The van der Waals surface area contributed by atoms with Gasteiger partial charge in [0.15, 0.2) is 0 Å². The zero-order valence-corrected chi connectivity index (χ0v) is 12.9. The third kappa shape index (κ3) is 2.76. The lowest BCUT2D eigenvalue weighted by Gasteiger charge is -2.09. The first-order valence-electron chi connectivity index (χ1n) is 7.03. The summed E-state index contributed by atoms with van der Waals surface area (Å²) in [6.07, 6.45) is 0. The van der Waals surface area contributed by atoms with Gasteiger partial charge in [0.1, 0.15) is 16.3 Å². The van der Waals surface area contributed by atoms with Gasteiger partial charge in [-0.25, -0.2) is 0 Å². The predicted octanol–water partition coefficient (Wildman–Crippen LogP) is 4.10. The molecule has 22 heavy (non-hydrogen) atoms. The molecule has 112 valence electrons. The van der Waals surface area contributed by atoms with Crippen LogP contribution in [0.1, 0.15) is 17.3 Å². The van der Waals surface area contributed by atoms with E-state index < -0.39 is 0 Å². The number of aromatic hydroxyl groups is 1. The molecular formula is C17H16N2O2S. The third-order valence-electron chi connectivity index (χ3n) is 3.34. The first-order chi connectivity index (χ1) is 10.7. The molecule has 0 aliphatic rings. The van der Waals surface area contributed by atoms with Gasteiger partial charge in [-0.15, -0.1) is 11.3 Å². The first-order valence-corrected chi connectivity index (χ1v) is 7.91. The highest BCUT2D eigenvalue weighted by Crippen LogP contribution is 2.35. The van der Waals surface area contributed by atoms with Crippen LogP contribution in [0.25, 0.3) is 10.8 Å². The minimum absolute atomic E-state index is 0.000704. The van der Waals surface area contributed by atoms with Crippen LogP contribution in [0.4, 0.5) is 10.7 Å². The predicted molar refractivity (Wildman–Crippen MR) is 91.2 cm³/mol. The van der Waals surface area contributed by atoms with Crippen molar-refractivity contribution in [3.63, 3.8) is 0 Å². The summed E-state index contributed by atoms with van der Waals surface area (Å²) in [6.45, 7) is 2.36. The number of benzene rings is 2. The van der Waals surface area contributed by atoms with Gasteiger partial charge in [0.25, 0.3) is 5.91 Å². The smallest absolute Gasteiger partial charge is 0.258 e. The molecule has 0 atom stereocenters. The van der Waals surface area contributed by atoms with Gasteiger partial charge in [-0.2, -0.15) is 0 Å². The summed E-state index contributed by atoms with van der Waals surface area (Å²) in [7, 11) is 0. The topological polar surface area (TPSA) is 61.4 Å². The fourth-order valence-corrected chi connectivity index (χ4v) is 3.15. The lowest BCUT2D eigenvalue weighted by atomic mass is 10.1. The lowest BCUT2D eigenvalue weighted by molar-refractivity contribution is 0.0954. The van der Waals surface area contributed by atoms with Crippen molar-refractivity contribution < 1.29 is 9.90 Å². The number of nitrogens with one attached hydrogen (secondary N) is 2. The van der Waals surface area contributed by atoms with Crippen molar-refractivity contribution in [3.05, 3.63) is 53.4 Å². The quantitative estimate of drug-likeness (QED) is 0.679. The van der Waals surface area contributed by atoms with Crippen LogP contribution in [-0.4, -0.2) is 17.6 Å². The Morgan fingerprint density at radius 2 is 1.95 bits per heavy atom. The highest BCUT2D eigenvalue weighted by molar-refractivity contribution is 7.15. The van der Waals surface area contributed by atoms with E-state index in [0.717, 1.165) is 16.5 Å². The summed E-state index contributed by atoms with van der Waals surface area (Å²) in [6, 6.07) is 14.1. The number of carbonyl (C=O) groups excluding carboxylic acids is 1. The molecule has 3 aromatic rings. The summed E-state index contributed by atoms with van der Waals surface area (Å²) < 4.78 is 0. The van der Waals surface area contributed by atoms with E-state index in [4.69, 9.17) is 0 Å². The van der Waals surface area contributed by atoms with Gasteiger partial charge in [-0.1, -0.05) is 30.3 Å². The monoisotopic (exact) mass is 312 g/mol. The fraction of sp³-hybridized carbons (Fsp3) is 0.118. The number of amides is 1. The summed E-state index contributed by atoms with van der Waals surface area (Å²) in [5.41, 5.74) is 1.17. The number of hydrogen-bond acceptors (Lipinski definition) is 4. The number of fused-ring (bicyclic) bond motifs is 1. The maximum atomic E-state index is 12.0. The Morgan fingerprint density at radius 1 is 1.18 bits per heavy atom. The largest absolute Gasteiger partial charge is 0.506 e. The molecule has 0 aliphatic carbocycles. The van der Waals surface area contributed by atoms with E-state index in [1.54, 1.807) is 5.38 Å². The molecule has 1 heterocycles. The molecule has 0 saturated carbocycles. The molecular weight excluding hydrogens is 296 g/mol. The second-order valence-electron chi connectivity index (χ2n) is 4.87. The second-order valence-corrected chi connectivity index (χ2v) is 5.75. The Kier molecular flexibility index (Phi) is 3.98. The average Bonchev–Trinajstić information content (AvgIpc) is 2.88. The maximum Gasteiger partial charge on any atom is 0.258 e. The Morgan fingerprint density at radius 3 is 2.73 bits per heavy atom. The fourth-order valence-electron chi connectivity index (χ4n) is 2.31. The summed E-state index contributed by atoms with van der Waals surface area (Å²) >= 11 is 1.31. The van der Waals surface area contributed by atoms with Crippen molar-refractivity contribution in [2.24, 2.45) is 0 Å². The van der Waals surface area contributed by atoms with Gasteiger partial charge in [0.2, 0.25) is 0 Å². The maximum absolute atomic E-state index is 12.0. The van der Waals surface area contributed by atoms with Crippen LogP contribution in [0.3, 0.4) is 0 Å². The van der Waals surface area contributed by atoms with Crippen LogP contribution in [0, 0.1) is 0 Å². The van der Waals surface area contributed by atoms with Crippen LogP contribution in [0.2, 0.25) is 0 Å². The average molecular weight is 312 g/mol. The first kappa shape index (κ1) is 14.4. The Bertz CT molecular complexity index is 826. The van der Waals surface area contributed by atoms with E-state index in [1.165, 1.54) is 11.3 Å². The number of hydrogen-bond donors (Lipinski definition) is 3. The van der Waals surface area contributed by atoms with E-state index in [2.05, 4.69) is 16.7 Å². The molecule has 3 N–H and O–H groups in total. The molecule has 0 aliphatic heterocycles. The molecule has 0 fully saturated rings. The highest BCUT2D eigenvalue weighted by Gasteiger charge is 2.18. The normalized spacial score (nSPS) is 10.6. The second kappa shape index (κ2) is 6.07. The molecule has 0 unspecified atom stereocenters. The molecule has 1 amide bonds. The van der Waals surface area contributed by atoms with Gasteiger partial charge in [0.05, 0.1) is 0 Å². The number of carbonyl (C=O) groups is 1. The van der Waals surface area contributed by atoms with Crippen LogP contribution in [0.5, 0.6) is 5.75 Å². The van der Waals surface area contributed by atoms with Crippen molar-refractivity contribution >= 4 is 38.7 Å². The number of thiophene rings is 1. The molecule has 0 bridgehead atoms. The molecule has 1 aromatic heterocycles. The van der Waals surface area contributed by atoms with Crippen LogP contribution in [-0.2, 0) is 0 Å². The zero-order valence-electron chi connectivity index (χ0n) is 12.1. The molecule has 4 nitrogen and oxygen atoms in total. The summed E-state index contributed by atoms with van der Waals surface area (Å²) in [5.74, 6) is -0.274. The number of rotatable bonds is 4. The molecule has 0 spiro atoms. The summed E-state index contributed by atoms with van der Waals surface area (Å²) in [4.78, 5) is 12.0. The van der Waals surface area contributed by atoms with E-state index in [9.17, 15) is 9.90 Å². The SMILES string of the molecule is CCNC(=O)c1c(O)csc1Nc1ccc2ccccc2c1. The van der Waals surface area contributed by atoms with E-state index in [-0.39, 0.29) is 11.7 Å². The van der Waals surface area contributed by atoms with Gasteiger partial charge < -0.3 is 15.7 Å². The lowest BCUT2D eigenvalue weighted by Crippen LogP contribution is -2.22. The van der Waals surface area contributed by atoms with Crippen LogP contribution in [0.15, 0.2) is 47.8 Å². The summed E-state index contributed by atoms with van der Waals surface area (Å²) in [5, 5.41) is 20.3. The minimum Gasteiger partial charge on any atom is -0.506 e. The standard InChI is InChI=1S/C17H16N2O2S/c1-2-18-16(21)15-14(20)10-22-17(15)19-13-8-7-11-5-3-4-6-12(11)9-13/h3-10,19-20H,2H2,1H3,(H,18,21). The minimum atomic E-state index is -0.274. The van der Waals surface area contributed by atoms with Crippen LogP contribution >= 0.6 is 11.3 Å². The van der Waals surface area contributed by atoms with E-state index in [0.29, 0.717) is 17.1 Å². The van der Waals surface area contributed by atoms with Crippen molar-refractivity contribution in [3.8, 4) is 5.75 Å². The Hall–Kier alpha value is -2.53. The van der Waals surface area contributed by atoms with Crippen molar-refractivity contribution in [2.75, 3.05) is 11.9 Å². The van der Waals surface area contributed by atoms with E-state index in [1.807, 2.05) is 43.3 Å². The molecule has 0 saturated heterocycles. The van der Waals surface area contributed by atoms with Gasteiger partial charge >= 0.3 is 0 Å². The third-order valence-corrected chi connectivity index (χ3v) is 4.23. The molecule has 5 heteroatoms. The van der Waals surface area contributed by atoms with Gasteiger partial charge in [0, 0.05) is 17.6 Å². The van der Waals surface area contributed by atoms with E-state index >= 15 is 0 Å². The highest BCUT2D eigenvalue weighted by atomic mass is 32.1. The Balaban J connectivity index is 1.93. The van der Waals surface area contributed by atoms with Crippen LogP contribution < -0.4 is 10.6 Å². The Labute approximate surface area is 132 Å². The van der Waals surface area contributed by atoms with Gasteiger partial charge in [-0.3, -0.25) is 4.79 Å². The molecule has 3 rings (SSSR count). The zero-order chi connectivity index (χ0) is 15.5. The molecule has 0 radical (unpaired) electrons. The number of anilines is 2. The van der Waals surface area contributed by atoms with Crippen molar-refractivity contribution in [1.29, 1.82) is 0 Å². The van der Waals surface area contributed by atoms with Crippen molar-refractivity contribution in [1.82, 2.24) is 5.32 Å². The molecule has 2 aromatic carbocycles. The van der Waals surface area contributed by atoms with Gasteiger partial charge in [-0.05, 0) is 29.8 Å².